The third-order valence-corrected chi connectivity index (χ3v) is 6.66. The molecule has 9 nitrogen and oxygen atoms in total. The molecule has 36 heavy (non-hydrogen) atoms. The van der Waals surface area contributed by atoms with E-state index in [0.29, 0.717) is 35.8 Å². The normalized spacial score (nSPS) is 18.6. The van der Waals surface area contributed by atoms with Crippen LogP contribution in [0.3, 0.4) is 0 Å². The lowest BCUT2D eigenvalue weighted by molar-refractivity contribution is 0.0713. The molecule has 1 fully saturated rings. The summed E-state index contributed by atoms with van der Waals surface area (Å²) in [4.78, 5) is 27.2. The van der Waals surface area contributed by atoms with Crippen molar-refractivity contribution >= 4 is 12.0 Å². The summed E-state index contributed by atoms with van der Waals surface area (Å²) < 4.78 is 16.4. The molecule has 0 radical (unpaired) electrons. The molecule has 192 valence electrons. The molecule has 0 spiro atoms. The van der Waals surface area contributed by atoms with E-state index < -0.39 is 6.09 Å². The van der Waals surface area contributed by atoms with Crippen molar-refractivity contribution in [3.8, 4) is 17.2 Å². The van der Waals surface area contributed by atoms with E-state index in [1.807, 2.05) is 37.3 Å². The van der Waals surface area contributed by atoms with Gasteiger partial charge in [0.15, 0.2) is 11.5 Å². The molecule has 0 aromatic heterocycles. The van der Waals surface area contributed by atoms with Crippen molar-refractivity contribution in [2.45, 2.75) is 38.1 Å². The smallest absolute Gasteiger partial charge is 0.409 e. The molecule has 2 heterocycles. The molecule has 2 aliphatic heterocycles. The van der Waals surface area contributed by atoms with E-state index in [0.717, 1.165) is 37.1 Å². The first-order valence-corrected chi connectivity index (χ1v) is 12.3. The van der Waals surface area contributed by atoms with Gasteiger partial charge in [-0.25, -0.2) is 15.2 Å². The average Bonchev–Trinajstić information content (AvgIpc) is 2.89. The number of nitrogens with zero attached hydrogens (tertiary/aromatic N) is 2. The van der Waals surface area contributed by atoms with Crippen LogP contribution >= 0.6 is 0 Å². The minimum atomic E-state index is -0.863. The zero-order valence-corrected chi connectivity index (χ0v) is 21.0. The highest BCUT2D eigenvalue weighted by atomic mass is 16.5. The first kappa shape index (κ1) is 25.5. The number of hydrogen-bond donors (Lipinski definition) is 2. The van der Waals surface area contributed by atoms with Crippen LogP contribution in [0.4, 0.5) is 4.79 Å². The first-order chi connectivity index (χ1) is 17.4. The Labute approximate surface area is 211 Å². The number of piperidine rings is 1. The molecule has 0 bridgehead atoms. The van der Waals surface area contributed by atoms with E-state index in [2.05, 4.69) is 17.4 Å². The topological polar surface area (TPSA) is 106 Å². The maximum Gasteiger partial charge on any atom is 0.409 e. The van der Waals surface area contributed by atoms with Crippen LogP contribution in [0.1, 0.15) is 59.6 Å². The number of methoxy groups -OCH3 is 1. The molecular weight excluding hydrogens is 460 g/mol. The molecule has 0 aliphatic carbocycles. The van der Waals surface area contributed by atoms with Gasteiger partial charge in [0.2, 0.25) is 0 Å². The average molecular weight is 495 g/mol. The lowest BCUT2D eigenvalue weighted by atomic mass is 9.88. The summed E-state index contributed by atoms with van der Waals surface area (Å²) in [7, 11) is 3.70. The number of likely N-dealkylation sites (tertiary alicyclic amines) is 1. The number of benzene rings is 2. The van der Waals surface area contributed by atoms with Crippen molar-refractivity contribution in [1.29, 1.82) is 0 Å². The molecule has 9 heteroatoms. The van der Waals surface area contributed by atoms with Gasteiger partial charge in [0.1, 0.15) is 5.75 Å². The van der Waals surface area contributed by atoms with Gasteiger partial charge >= 0.3 is 6.09 Å². The maximum atomic E-state index is 13.5. The number of hydrogen-bond acceptors (Lipinski definition) is 7. The van der Waals surface area contributed by atoms with Crippen LogP contribution in [0.2, 0.25) is 0 Å². The highest BCUT2D eigenvalue weighted by Gasteiger charge is 2.27. The Kier molecular flexibility index (Phi) is 8.12. The van der Waals surface area contributed by atoms with Crippen molar-refractivity contribution in [2.75, 3.05) is 33.9 Å². The van der Waals surface area contributed by atoms with E-state index in [-0.39, 0.29) is 17.9 Å². The lowest BCUT2D eigenvalue weighted by Crippen LogP contribution is -2.43. The fourth-order valence-corrected chi connectivity index (χ4v) is 4.74. The molecule has 1 unspecified atom stereocenters. The van der Waals surface area contributed by atoms with E-state index in [9.17, 15) is 9.59 Å². The maximum absolute atomic E-state index is 13.5. The van der Waals surface area contributed by atoms with Gasteiger partial charge in [0, 0.05) is 11.8 Å². The first-order valence-electron chi connectivity index (χ1n) is 12.3. The van der Waals surface area contributed by atoms with Crippen LogP contribution in [0, 0.1) is 0 Å². The van der Waals surface area contributed by atoms with Crippen LogP contribution in [-0.4, -0.2) is 55.8 Å². The van der Waals surface area contributed by atoms with Crippen molar-refractivity contribution in [3.63, 3.8) is 0 Å². The summed E-state index contributed by atoms with van der Waals surface area (Å²) in [6, 6.07) is 10.8. The van der Waals surface area contributed by atoms with Gasteiger partial charge in [-0.15, -0.1) is 0 Å². The van der Waals surface area contributed by atoms with Gasteiger partial charge in [0.25, 0.3) is 5.91 Å². The highest BCUT2D eigenvalue weighted by molar-refractivity contribution is 5.95. The van der Waals surface area contributed by atoms with Crippen molar-refractivity contribution in [1.82, 2.24) is 15.3 Å². The van der Waals surface area contributed by atoms with Gasteiger partial charge in [-0.1, -0.05) is 12.1 Å². The second-order valence-electron chi connectivity index (χ2n) is 9.07. The number of primary amides is 1. The predicted octanol–water partition coefficient (Wildman–Crippen LogP) is 3.97. The number of nitrogens with one attached hydrogen (secondary N) is 1. The largest absolute Gasteiger partial charge is 0.493 e. The Morgan fingerprint density at radius 2 is 1.83 bits per heavy atom. The third-order valence-electron chi connectivity index (χ3n) is 6.66. The molecule has 4 rings (SSSR count). The molecule has 2 amide bonds. The Bertz CT molecular complexity index is 1130. The van der Waals surface area contributed by atoms with Crippen LogP contribution < -0.4 is 25.4 Å². The van der Waals surface area contributed by atoms with Crippen LogP contribution in [0.25, 0.3) is 0 Å². The molecule has 2 aromatic carbocycles. The van der Waals surface area contributed by atoms with E-state index >= 15 is 0 Å². The second-order valence-corrected chi connectivity index (χ2v) is 9.07. The molecule has 2 aromatic rings. The summed E-state index contributed by atoms with van der Waals surface area (Å²) in [5.41, 5.74) is 10.9. The van der Waals surface area contributed by atoms with Crippen LogP contribution in [0.15, 0.2) is 48.7 Å². The quantitative estimate of drug-likeness (QED) is 0.600. The summed E-state index contributed by atoms with van der Waals surface area (Å²) >= 11 is 0. The van der Waals surface area contributed by atoms with Gasteiger partial charge in [-0.05, 0) is 93.7 Å². The van der Waals surface area contributed by atoms with Crippen LogP contribution in [-0.2, 0) is 0 Å². The standard InChI is InChI=1S/C27H34N4O5/c1-4-35-25-17-19(7-10-24(25)34-3)22-6-5-13-31(29-22)26(32)20-8-9-23(36-27(28)33)21(16-20)18-11-14-30(2)15-12-18/h5,7-10,13,16-18,22,29H,4,6,11-12,14-15H2,1-3H3,(H2,28,33). The van der Waals surface area contributed by atoms with Gasteiger partial charge in [-0.3, -0.25) is 4.79 Å². The minimum Gasteiger partial charge on any atom is -0.493 e. The highest BCUT2D eigenvalue weighted by Crippen LogP contribution is 2.36. The Hall–Kier alpha value is -3.56. The van der Waals surface area contributed by atoms with E-state index in [1.165, 1.54) is 5.01 Å². The minimum absolute atomic E-state index is 0.116. The van der Waals surface area contributed by atoms with Crippen molar-refractivity contribution in [3.05, 3.63) is 65.4 Å². The van der Waals surface area contributed by atoms with E-state index in [4.69, 9.17) is 19.9 Å². The molecule has 0 saturated carbocycles. The van der Waals surface area contributed by atoms with Gasteiger partial charge in [-0.2, -0.15) is 0 Å². The van der Waals surface area contributed by atoms with E-state index in [1.54, 1.807) is 25.4 Å². The van der Waals surface area contributed by atoms with Crippen LogP contribution in [0.5, 0.6) is 17.2 Å². The third kappa shape index (κ3) is 5.80. The Balaban J connectivity index is 1.56. The number of carbonyl (C=O) groups excluding carboxylic acids is 2. The number of rotatable bonds is 7. The fraction of sp³-hybridized carbons (Fsp3) is 0.407. The predicted molar refractivity (Wildman–Crippen MR) is 136 cm³/mol. The summed E-state index contributed by atoms with van der Waals surface area (Å²) in [6.07, 6.45) is 5.38. The SMILES string of the molecule is CCOc1cc(C2CC=CN(C(=O)c3ccc(OC(N)=O)c(C4CCN(C)CC4)c3)N2)ccc1OC. The van der Waals surface area contributed by atoms with Crippen molar-refractivity contribution < 1.29 is 23.8 Å². The van der Waals surface area contributed by atoms with Crippen molar-refractivity contribution in [2.24, 2.45) is 5.73 Å². The number of amides is 2. The number of nitrogens with two attached hydrogens (primary N) is 1. The second kappa shape index (κ2) is 11.5. The van der Waals surface area contributed by atoms with Gasteiger partial charge in [0.05, 0.1) is 19.8 Å². The molecular formula is C27H34N4O5. The fourth-order valence-electron chi connectivity index (χ4n) is 4.74. The molecule has 1 atom stereocenters. The monoisotopic (exact) mass is 494 g/mol. The molecule has 2 aliphatic rings. The Morgan fingerprint density at radius 3 is 2.53 bits per heavy atom. The Morgan fingerprint density at radius 1 is 1.08 bits per heavy atom. The zero-order valence-electron chi connectivity index (χ0n) is 21.0. The lowest BCUT2D eigenvalue weighted by Gasteiger charge is -2.31. The van der Waals surface area contributed by atoms with Gasteiger partial charge < -0.3 is 24.8 Å². The number of carbonyl (C=O) groups is 2. The molecule has 3 N–H and O–H groups in total. The number of ether oxygens (including phenoxy) is 3. The summed E-state index contributed by atoms with van der Waals surface area (Å²) in [5, 5.41) is 1.50. The summed E-state index contributed by atoms with van der Waals surface area (Å²) in [5.74, 6) is 1.72. The zero-order chi connectivity index (χ0) is 25.7. The summed E-state index contributed by atoms with van der Waals surface area (Å²) in [6.45, 7) is 4.32. The molecule has 1 saturated heterocycles. The number of hydrazine groups is 1.